The van der Waals surface area contributed by atoms with Crippen molar-refractivity contribution in [3.05, 3.63) is 42.2 Å². The summed E-state index contributed by atoms with van der Waals surface area (Å²) in [7, 11) is -3.42. The van der Waals surface area contributed by atoms with Crippen LogP contribution in [0.5, 0.6) is 0 Å². The lowest BCUT2D eigenvalue weighted by molar-refractivity contribution is 0.576. The van der Waals surface area contributed by atoms with Gasteiger partial charge in [0.15, 0.2) is 0 Å². The molecular formula is C16H19N5O2S. The summed E-state index contributed by atoms with van der Waals surface area (Å²) in [5.74, 6) is 0.0448. The van der Waals surface area contributed by atoms with Crippen LogP contribution in [0, 0.1) is 13.8 Å². The average Bonchev–Trinajstić information content (AvgIpc) is 3.00. The van der Waals surface area contributed by atoms with Crippen LogP contribution in [0.25, 0.3) is 11.0 Å². The Bertz CT molecular complexity index is 951. The van der Waals surface area contributed by atoms with Crippen LogP contribution < -0.4 is 0 Å². The van der Waals surface area contributed by atoms with E-state index in [4.69, 9.17) is 0 Å². The van der Waals surface area contributed by atoms with Gasteiger partial charge in [-0.25, -0.2) is 23.4 Å². The predicted molar refractivity (Wildman–Crippen MR) is 90.3 cm³/mol. The smallest absolute Gasteiger partial charge is 0.246 e. The first-order valence-electron chi connectivity index (χ1n) is 7.76. The Kier molecular flexibility index (Phi) is 4.57. The van der Waals surface area contributed by atoms with Crippen molar-refractivity contribution < 1.29 is 8.42 Å². The summed E-state index contributed by atoms with van der Waals surface area (Å²) in [6.07, 6.45) is 7.72. The molecule has 0 N–H and O–H groups in total. The van der Waals surface area contributed by atoms with Crippen molar-refractivity contribution in [3.8, 4) is 0 Å². The number of hydrogen-bond acceptors (Lipinski definition) is 6. The Balaban J connectivity index is 1.65. The fourth-order valence-corrected chi connectivity index (χ4v) is 3.82. The lowest BCUT2D eigenvalue weighted by atomic mass is 10.2. The van der Waals surface area contributed by atoms with Gasteiger partial charge >= 0.3 is 0 Å². The lowest BCUT2D eigenvalue weighted by Crippen LogP contribution is -2.11. The number of hydrogen-bond donors (Lipinski definition) is 0. The maximum atomic E-state index is 12.2. The quantitative estimate of drug-likeness (QED) is 0.502. The molecule has 8 heteroatoms. The van der Waals surface area contributed by atoms with Gasteiger partial charge in [-0.2, -0.15) is 0 Å². The van der Waals surface area contributed by atoms with Crippen LogP contribution in [-0.2, 0) is 16.4 Å². The number of aryl methyl sites for hydroxylation is 3. The van der Waals surface area contributed by atoms with Gasteiger partial charge in [-0.3, -0.25) is 4.98 Å². The molecule has 0 saturated carbocycles. The Hall–Kier alpha value is -2.35. The van der Waals surface area contributed by atoms with Gasteiger partial charge in [0, 0.05) is 24.6 Å². The molecule has 7 nitrogen and oxygen atoms in total. The zero-order valence-corrected chi connectivity index (χ0v) is 14.5. The number of pyridine rings is 1. The SMILES string of the molecule is Cc1ncc2ncn(CCCCS(=O)(=O)c3ncccn3)c2c1C. The topological polar surface area (TPSA) is 90.6 Å². The van der Waals surface area contributed by atoms with Crippen LogP contribution >= 0.6 is 0 Å². The molecule has 0 fully saturated rings. The van der Waals surface area contributed by atoms with Gasteiger partial charge < -0.3 is 4.57 Å². The molecule has 24 heavy (non-hydrogen) atoms. The Morgan fingerprint density at radius 1 is 1.04 bits per heavy atom. The molecule has 0 bridgehead atoms. The first-order valence-corrected chi connectivity index (χ1v) is 9.41. The van der Waals surface area contributed by atoms with Crippen LogP contribution in [0.3, 0.4) is 0 Å². The Labute approximate surface area is 140 Å². The highest BCUT2D eigenvalue weighted by Gasteiger charge is 2.16. The van der Waals surface area contributed by atoms with E-state index in [0.717, 1.165) is 28.7 Å². The van der Waals surface area contributed by atoms with E-state index in [0.29, 0.717) is 13.0 Å². The molecule has 0 aromatic carbocycles. The molecule has 3 rings (SSSR count). The number of aromatic nitrogens is 5. The number of nitrogens with zero attached hydrogens (tertiary/aromatic N) is 5. The normalized spacial score (nSPS) is 11.9. The Morgan fingerprint density at radius 2 is 1.79 bits per heavy atom. The lowest BCUT2D eigenvalue weighted by Gasteiger charge is -2.08. The fourth-order valence-electron chi connectivity index (χ4n) is 2.61. The molecule has 126 valence electrons. The molecule has 0 aliphatic heterocycles. The van der Waals surface area contributed by atoms with Crippen molar-refractivity contribution in [2.45, 2.75) is 38.4 Å². The van der Waals surface area contributed by atoms with Crippen molar-refractivity contribution in [2.24, 2.45) is 0 Å². The maximum absolute atomic E-state index is 12.2. The highest BCUT2D eigenvalue weighted by molar-refractivity contribution is 7.91. The first-order chi connectivity index (χ1) is 11.5. The zero-order chi connectivity index (χ0) is 17.2. The van der Waals surface area contributed by atoms with E-state index in [2.05, 4.69) is 24.5 Å². The van der Waals surface area contributed by atoms with Crippen LogP contribution in [0.2, 0.25) is 0 Å². The molecule has 0 unspecified atom stereocenters. The molecule has 0 spiro atoms. The first kappa shape index (κ1) is 16.5. The molecule has 0 saturated heterocycles. The van der Waals surface area contributed by atoms with Crippen molar-refractivity contribution in [2.75, 3.05) is 5.75 Å². The van der Waals surface area contributed by atoms with E-state index in [1.807, 2.05) is 13.8 Å². The van der Waals surface area contributed by atoms with E-state index >= 15 is 0 Å². The standard InChI is InChI=1S/C16H19N5O2S/c1-12-13(2)19-10-14-15(12)21(11-20-14)8-3-4-9-24(22,23)16-17-6-5-7-18-16/h5-7,10-11H,3-4,8-9H2,1-2H3. The predicted octanol–water partition coefficient (Wildman–Crippen LogP) is 2.09. The van der Waals surface area contributed by atoms with Gasteiger partial charge in [0.2, 0.25) is 15.0 Å². The molecule has 0 aliphatic rings. The molecule has 0 radical (unpaired) electrons. The number of fused-ring (bicyclic) bond motifs is 1. The third-order valence-electron chi connectivity index (χ3n) is 4.03. The largest absolute Gasteiger partial charge is 0.330 e. The maximum Gasteiger partial charge on any atom is 0.246 e. The Morgan fingerprint density at radius 3 is 2.54 bits per heavy atom. The van der Waals surface area contributed by atoms with Crippen LogP contribution in [0.15, 0.2) is 36.1 Å². The zero-order valence-electron chi connectivity index (χ0n) is 13.7. The summed E-state index contributed by atoms with van der Waals surface area (Å²) in [5, 5.41) is -0.101. The third-order valence-corrected chi connectivity index (χ3v) is 5.62. The van der Waals surface area contributed by atoms with Crippen molar-refractivity contribution in [3.63, 3.8) is 0 Å². The second-order valence-electron chi connectivity index (χ2n) is 5.70. The molecule has 3 aromatic heterocycles. The van der Waals surface area contributed by atoms with Crippen LogP contribution in [0.4, 0.5) is 0 Å². The summed E-state index contributed by atoms with van der Waals surface area (Å²) in [6.45, 7) is 4.71. The summed E-state index contributed by atoms with van der Waals surface area (Å²) < 4.78 is 26.4. The molecule has 0 atom stereocenters. The van der Waals surface area contributed by atoms with E-state index in [1.54, 1.807) is 18.6 Å². The van der Waals surface area contributed by atoms with E-state index in [1.165, 1.54) is 12.4 Å². The van der Waals surface area contributed by atoms with Gasteiger partial charge in [-0.05, 0) is 38.3 Å². The van der Waals surface area contributed by atoms with Crippen LogP contribution in [0.1, 0.15) is 24.1 Å². The number of sulfone groups is 1. The van der Waals surface area contributed by atoms with Crippen molar-refractivity contribution >= 4 is 20.9 Å². The van der Waals surface area contributed by atoms with E-state index in [9.17, 15) is 8.42 Å². The highest BCUT2D eigenvalue weighted by Crippen LogP contribution is 2.19. The summed E-state index contributed by atoms with van der Waals surface area (Å²) in [4.78, 5) is 16.3. The van der Waals surface area contributed by atoms with E-state index in [-0.39, 0.29) is 10.9 Å². The monoisotopic (exact) mass is 345 g/mol. The number of rotatable bonds is 6. The molecule has 0 aliphatic carbocycles. The van der Waals surface area contributed by atoms with Crippen molar-refractivity contribution in [1.82, 2.24) is 24.5 Å². The van der Waals surface area contributed by atoms with Gasteiger partial charge in [0.05, 0.1) is 23.8 Å². The molecule has 3 heterocycles. The summed E-state index contributed by atoms with van der Waals surface area (Å²) in [5.41, 5.74) is 4.02. The van der Waals surface area contributed by atoms with Gasteiger partial charge in [0.1, 0.15) is 5.52 Å². The summed E-state index contributed by atoms with van der Waals surface area (Å²) >= 11 is 0. The second kappa shape index (κ2) is 6.64. The molecule has 0 amide bonds. The second-order valence-corrected chi connectivity index (χ2v) is 7.70. The number of unbranched alkanes of at least 4 members (excludes halogenated alkanes) is 1. The van der Waals surface area contributed by atoms with Gasteiger partial charge in [0.25, 0.3) is 0 Å². The summed E-state index contributed by atoms with van der Waals surface area (Å²) in [6, 6.07) is 1.60. The fraction of sp³-hybridized carbons (Fsp3) is 0.375. The highest BCUT2D eigenvalue weighted by atomic mass is 32.2. The molecular weight excluding hydrogens is 326 g/mol. The minimum Gasteiger partial charge on any atom is -0.330 e. The minimum absolute atomic E-state index is 0.0448. The third kappa shape index (κ3) is 3.28. The average molecular weight is 345 g/mol. The van der Waals surface area contributed by atoms with Gasteiger partial charge in [-0.15, -0.1) is 0 Å². The van der Waals surface area contributed by atoms with Crippen molar-refractivity contribution in [1.29, 1.82) is 0 Å². The van der Waals surface area contributed by atoms with E-state index < -0.39 is 9.84 Å². The van der Waals surface area contributed by atoms with Crippen LogP contribution in [-0.4, -0.2) is 38.7 Å². The molecule has 3 aromatic rings. The van der Waals surface area contributed by atoms with Gasteiger partial charge in [-0.1, -0.05) is 0 Å². The minimum atomic E-state index is -3.42. The number of imidazole rings is 1.